The van der Waals surface area contributed by atoms with Crippen molar-refractivity contribution in [2.45, 2.75) is 13.8 Å². The molecule has 0 saturated heterocycles. The first-order valence-electron chi connectivity index (χ1n) is 4.44. The van der Waals surface area contributed by atoms with Crippen molar-refractivity contribution in [2.75, 3.05) is 27.5 Å². The van der Waals surface area contributed by atoms with Crippen LogP contribution in [0, 0.1) is 5.92 Å². The lowest BCUT2D eigenvalue weighted by molar-refractivity contribution is -0.123. The molecular weight excluding hydrogens is 202 g/mol. The van der Waals surface area contributed by atoms with E-state index >= 15 is 0 Å². The maximum Gasteiger partial charge on any atom is 0.520 e. The lowest BCUT2D eigenvalue weighted by Gasteiger charge is -2.24. The zero-order valence-electron chi connectivity index (χ0n) is 9.42. The van der Waals surface area contributed by atoms with Gasteiger partial charge in [-0.2, -0.15) is 0 Å². The topological polar surface area (TPSA) is 56.8 Å². The van der Waals surface area contributed by atoms with Crippen LogP contribution < -0.4 is 5.32 Å². The summed E-state index contributed by atoms with van der Waals surface area (Å²) in [6, 6.07) is 0. The lowest BCUT2D eigenvalue weighted by Crippen LogP contribution is -2.53. The summed E-state index contributed by atoms with van der Waals surface area (Å²) in [5.41, 5.74) is 0. The Kier molecular flexibility index (Phi) is 5.94. The monoisotopic (exact) mass is 221 g/mol. The average molecular weight is 221 g/mol. The predicted molar refractivity (Wildman–Crippen MR) is 54.6 cm³/mol. The molecule has 0 rings (SSSR count). The van der Waals surface area contributed by atoms with Crippen LogP contribution >= 0.6 is 0 Å². The second kappa shape index (κ2) is 6.13. The molecule has 84 valence electrons. The smallest absolute Gasteiger partial charge is 0.376 e. The van der Waals surface area contributed by atoms with E-state index < -0.39 is 8.80 Å². The molecule has 0 saturated carbocycles. The maximum absolute atomic E-state index is 11.3. The van der Waals surface area contributed by atoms with Crippen LogP contribution in [-0.2, 0) is 18.1 Å². The third-order valence-electron chi connectivity index (χ3n) is 1.94. The summed E-state index contributed by atoms with van der Waals surface area (Å²) in [7, 11) is 1.89. The van der Waals surface area contributed by atoms with Crippen molar-refractivity contribution in [1.82, 2.24) is 5.32 Å². The van der Waals surface area contributed by atoms with Gasteiger partial charge in [-0.25, -0.2) is 0 Å². The zero-order valence-corrected chi connectivity index (χ0v) is 10.4. The van der Waals surface area contributed by atoms with Crippen LogP contribution in [0.1, 0.15) is 13.8 Å². The maximum atomic E-state index is 11.3. The molecule has 14 heavy (non-hydrogen) atoms. The van der Waals surface area contributed by atoms with Crippen LogP contribution in [0.25, 0.3) is 0 Å². The van der Waals surface area contributed by atoms with Gasteiger partial charge in [-0.05, 0) is 0 Å². The summed E-state index contributed by atoms with van der Waals surface area (Å²) in [4.78, 5) is 11.3. The second-order valence-electron chi connectivity index (χ2n) is 3.17. The number of carbonyl (C=O) groups is 1. The van der Waals surface area contributed by atoms with E-state index in [1.165, 1.54) is 21.3 Å². The highest BCUT2D eigenvalue weighted by Crippen LogP contribution is 2.04. The molecular formula is C8H19NO4Si. The largest absolute Gasteiger partial charge is 0.520 e. The molecule has 0 spiro atoms. The molecule has 0 aliphatic carbocycles. The fraction of sp³-hybridized carbons (Fsp3) is 0.875. The number of amides is 1. The van der Waals surface area contributed by atoms with Crippen molar-refractivity contribution in [3.05, 3.63) is 0 Å². The third kappa shape index (κ3) is 3.75. The minimum atomic E-state index is -2.66. The molecule has 6 heteroatoms. The lowest BCUT2D eigenvalue weighted by atomic mass is 10.2. The number of carbonyl (C=O) groups excluding carboxylic acids is 1. The van der Waals surface area contributed by atoms with Gasteiger partial charge in [-0.1, -0.05) is 13.8 Å². The molecule has 1 N–H and O–H groups in total. The van der Waals surface area contributed by atoms with Gasteiger partial charge in [0.25, 0.3) is 0 Å². The standard InChI is InChI=1S/C8H19NO4Si/c1-7(2)8(10)9-6-14(11-3,12-4)13-5/h7H,6H2,1-5H3,(H,9,10). The number of hydrogen-bond acceptors (Lipinski definition) is 4. The quantitative estimate of drug-likeness (QED) is 0.650. The molecule has 1 amide bonds. The summed E-state index contributed by atoms with van der Waals surface area (Å²) in [5.74, 6) is -0.0831. The average Bonchev–Trinajstić information content (AvgIpc) is 2.20. The van der Waals surface area contributed by atoms with Crippen LogP contribution in [-0.4, -0.2) is 42.2 Å². The van der Waals surface area contributed by atoms with Crippen molar-refractivity contribution >= 4 is 14.7 Å². The molecule has 0 fully saturated rings. The molecule has 0 aromatic carbocycles. The molecule has 0 aromatic rings. The first kappa shape index (κ1) is 13.6. The van der Waals surface area contributed by atoms with E-state index in [9.17, 15) is 4.79 Å². The van der Waals surface area contributed by atoms with Crippen molar-refractivity contribution in [1.29, 1.82) is 0 Å². The summed E-state index contributed by atoms with van der Waals surface area (Å²) in [6.45, 7) is 3.65. The van der Waals surface area contributed by atoms with Crippen molar-refractivity contribution in [3.8, 4) is 0 Å². The van der Waals surface area contributed by atoms with Crippen LogP contribution in [0.3, 0.4) is 0 Å². The first-order chi connectivity index (χ1) is 6.51. The molecule has 0 aromatic heterocycles. The van der Waals surface area contributed by atoms with Crippen molar-refractivity contribution in [2.24, 2.45) is 5.92 Å². The Hall–Kier alpha value is -0.433. The Bertz CT molecular complexity index is 174. The molecule has 0 unspecified atom stereocenters. The Morgan fingerprint density at radius 3 is 1.93 bits per heavy atom. The highest BCUT2D eigenvalue weighted by Gasteiger charge is 2.38. The van der Waals surface area contributed by atoms with E-state index in [1.54, 1.807) is 0 Å². The Labute approximate surface area is 86.1 Å². The normalized spacial score (nSPS) is 11.9. The van der Waals surface area contributed by atoms with Gasteiger partial charge in [0.1, 0.15) is 0 Å². The van der Waals surface area contributed by atoms with Gasteiger partial charge < -0.3 is 18.6 Å². The SMILES string of the molecule is CO[Si](CNC(=O)C(C)C)(OC)OC. The Morgan fingerprint density at radius 1 is 1.21 bits per heavy atom. The summed E-state index contributed by atoms with van der Waals surface area (Å²) >= 11 is 0. The van der Waals surface area contributed by atoms with Crippen LogP contribution in [0.5, 0.6) is 0 Å². The van der Waals surface area contributed by atoms with Gasteiger partial charge in [-0.15, -0.1) is 0 Å². The van der Waals surface area contributed by atoms with Gasteiger partial charge >= 0.3 is 8.80 Å². The van der Waals surface area contributed by atoms with Crippen LogP contribution in [0.15, 0.2) is 0 Å². The summed E-state index contributed by atoms with van der Waals surface area (Å²) in [5, 5.41) is 2.72. The Morgan fingerprint density at radius 2 is 1.64 bits per heavy atom. The minimum absolute atomic E-state index is 0.0342. The van der Waals surface area contributed by atoms with Crippen LogP contribution in [0.2, 0.25) is 0 Å². The fourth-order valence-electron chi connectivity index (χ4n) is 0.866. The van der Waals surface area contributed by atoms with Gasteiger partial charge in [0.2, 0.25) is 5.91 Å². The molecule has 0 aliphatic rings. The van der Waals surface area contributed by atoms with E-state index in [2.05, 4.69) is 5.32 Å². The molecule has 0 heterocycles. The van der Waals surface area contributed by atoms with Crippen molar-refractivity contribution < 1.29 is 18.1 Å². The van der Waals surface area contributed by atoms with Gasteiger partial charge in [0.05, 0.1) is 6.17 Å². The van der Waals surface area contributed by atoms with E-state index in [1.807, 2.05) is 13.8 Å². The van der Waals surface area contributed by atoms with E-state index in [0.29, 0.717) is 6.17 Å². The van der Waals surface area contributed by atoms with E-state index in [0.717, 1.165) is 0 Å². The minimum Gasteiger partial charge on any atom is -0.376 e. The number of nitrogens with one attached hydrogen (secondary N) is 1. The number of hydrogen-bond donors (Lipinski definition) is 1. The summed E-state index contributed by atoms with van der Waals surface area (Å²) < 4.78 is 15.4. The zero-order chi connectivity index (χ0) is 11.2. The van der Waals surface area contributed by atoms with E-state index in [4.69, 9.17) is 13.3 Å². The first-order valence-corrected chi connectivity index (χ1v) is 6.37. The van der Waals surface area contributed by atoms with Crippen LogP contribution in [0.4, 0.5) is 0 Å². The molecule has 0 aliphatic heterocycles. The van der Waals surface area contributed by atoms with E-state index in [-0.39, 0.29) is 11.8 Å². The molecule has 5 nitrogen and oxygen atoms in total. The fourth-order valence-corrected chi connectivity index (χ4v) is 2.19. The van der Waals surface area contributed by atoms with Gasteiger partial charge in [0, 0.05) is 27.2 Å². The molecule has 0 bridgehead atoms. The highest BCUT2D eigenvalue weighted by molar-refractivity contribution is 6.61. The third-order valence-corrected chi connectivity index (χ3v) is 4.41. The Balaban J connectivity index is 4.12. The second-order valence-corrected chi connectivity index (χ2v) is 6.11. The van der Waals surface area contributed by atoms with Crippen molar-refractivity contribution in [3.63, 3.8) is 0 Å². The van der Waals surface area contributed by atoms with Gasteiger partial charge in [-0.3, -0.25) is 4.79 Å². The predicted octanol–water partition coefficient (Wildman–Crippen LogP) is 0.176. The molecule has 0 radical (unpaired) electrons. The van der Waals surface area contributed by atoms with Gasteiger partial charge in [0.15, 0.2) is 0 Å². The summed E-state index contributed by atoms with van der Waals surface area (Å²) in [6.07, 6.45) is 0.299. The number of rotatable bonds is 6. The highest BCUT2D eigenvalue weighted by atomic mass is 28.4. The molecule has 0 atom stereocenters.